The SMILES string of the molecule is CC[C@H](C)CN1C(=O)[C@@H](Cc2ccccc2)NC12CCN(S(=O)(=O)c1ccc(OC)cc1)CC2. The maximum atomic E-state index is 13.5. The van der Waals surface area contributed by atoms with Crippen molar-refractivity contribution < 1.29 is 17.9 Å². The first-order chi connectivity index (χ1) is 16.3. The van der Waals surface area contributed by atoms with E-state index in [0.29, 0.717) is 50.6 Å². The van der Waals surface area contributed by atoms with Crippen molar-refractivity contribution in [1.29, 1.82) is 0 Å². The van der Waals surface area contributed by atoms with E-state index in [1.54, 1.807) is 31.4 Å². The average molecular weight is 486 g/mol. The van der Waals surface area contributed by atoms with Crippen molar-refractivity contribution in [3.8, 4) is 5.75 Å². The van der Waals surface area contributed by atoms with Crippen molar-refractivity contribution in [3.05, 3.63) is 60.2 Å². The molecule has 0 radical (unpaired) electrons. The number of methoxy groups -OCH3 is 1. The van der Waals surface area contributed by atoms with Gasteiger partial charge in [0.1, 0.15) is 5.75 Å². The highest BCUT2D eigenvalue weighted by atomic mass is 32.2. The highest BCUT2D eigenvalue weighted by molar-refractivity contribution is 7.89. The van der Waals surface area contributed by atoms with Gasteiger partial charge in [0, 0.05) is 19.6 Å². The molecule has 1 amide bonds. The molecule has 4 rings (SSSR count). The Morgan fingerprint density at radius 1 is 1.09 bits per heavy atom. The summed E-state index contributed by atoms with van der Waals surface area (Å²) in [7, 11) is -2.05. The molecule has 2 fully saturated rings. The number of carbonyl (C=O) groups excluding carboxylic acids is 1. The number of rotatable bonds is 8. The van der Waals surface area contributed by atoms with E-state index in [4.69, 9.17) is 4.74 Å². The first-order valence-electron chi connectivity index (χ1n) is 12.1. The highest BCUT2D eigenvalue weighted by Gasteiger charge is 2.52. The second kappa shape index (κ2) is 10.1. The summed E-state index contributed by atoms with van der Waals surface area (Å²) in [6.07, 6.45) is 2.75. The molecule has 1 N–H and O–H groups in total. The molecule has 0 unspecified atom stereocenters. The van der Waals surface area contributed by atoms with Gasteiger partial charge in [-0.15, -0.1) is 0 Å². The van der Waals surface area contributed by atoms with Gasteiger partial charge in [0.05, 0.1) is 23.7 Å². The van der Waals surface area contributed by atoms with Gasteiger partial charge in [-0.05, 0) is 55.0 Å². The largest absolute Gasteiger partial charge is 0.497 e. The number of hydrogen-bond acceptors (Lipinski definition) is 5. The van der Waals surface area contributed by atoms with Crippen LogP contribution in [0.1, 0.15) is 38.7 Å². The van der Waals surface area contributed by atoms with Crippen LogP contribution in [0.5, 0.6) is 5.75 Å². The fraction of sp³-hybridized carbons (Fsp3) is 0.500. The van der Waals surface area contributed by atoms with E-state index in [1.165, 1.54) is 4.31 Å². The minimum atomic E-state index is -3.61. The molecule has 2 aromatic rings. The Hall–Kier alpha value is -2.42. The van der Waals surface area contributed by atoms with Gasteiger partial charge in [0.15, 0.2) is 0 Å². The fourth-order valence-corrected chi connectivity index (χ4v) is 6.41. The Balaban J connectivity index is 1.52. The lowest BCUT2D eigenvalue weighted by molar-refractivity contribution is -0.134. The molecule has 0 aliphatic carbocycles. The predicted molar refractivity (Wildman–Crippen MR) is 132 cm³/mol. The Kier molecular flexibility index (Phi) is 7.31. The van der Waals surface area contributed by atoms with Gasteiger partial charge >= 0.3 is 0 Å². The maximum absolute atomic E-state index is 13.5. The maximum Gasteiger partial charge on any atom is 0.243 e. The molecule has 1 spiro atoms. The average Bonchev–Trinajstić information content (AvgIpc) is 3.10. The number of amides is 1. The second-order valence-corrected chi connectivity index (χ2v) is 11.4. The summed E-state index contributed by atoms with van der Waals surface area (Å²) < 4.78 is 33.2. The Bertz CT molecular complexity index is 1080. The summed E-state index contributed by atoms with van der Waals surface area (Å²) >= 11 is 0. The fourth-order valence-electron chi connectivity index (χ4n) is 4.96. The van der Waals surface area contributed by atoms with E-state index in [9.17, 15) is 13.2 Å². The van der Waals surface area contributed by atoms with Crippen LogP contribution in [0.15, 0.2) is 59.5 Å². The molecule has 2 aliphatic rings. The number of piperidine rings is 1. The third kappa shape index (κ3) is 4.85. The van der Waals surface area contributed by atoms with Gasteiger partial charge in [-0.2, -0.15) is 4.31 Å². The normalized spacial score (nSPS) is 21.7. The zero-order valence-corrected chi connectivity index (χ0v) is 21.1. The summed E-state index contributed by atoms with van der Waals surface area (Å²) in [6.45, 7) is 5.71. The second-order valence-electron chi connectivity index (χ2n) is 9.46. The van der Waals surface area contributed by atoms with Crippen LogP contribution in [-0.4, -0.2) is 62.0 Å². The minimum Gasteiger partial charge on any atom is -0.497 e. The molecule has 2 heterocycles. The van der Waals surface area contributed by atoms with Gasteiger partial charge in [-0.3, -0.25) is 10.1 Å². The molecule has 184 valence electrons. The van der Waals surface area contributed by atoms with Gasteiger partial charge in [-0.1, -0.05) is 50.6 Å². The topological polar surface area (TPSA) is 79.0 Å². The van der Waals surface area contributed by atoms with Crippen LogP contribution >= 0.6 is 0 Å². The van der Waals surface area contributed by atoms with E-state index in [1.807, 2.05) is 35.2 Å². The Labute approximate surface area is 203 Å². The van der Waals surface area contributed by atoms with E-state index in [-0.39, 0.29) is 16.8 Å². The molecule has 2 atom stereocenters. The van der Waals surface area contributed by atoms with Crippen molar-refractivity contribution in [2.45, 2.75) is 56.1 Å². The zero-order valence-electron chi connectivity index (χ0n) is 20.2. The summed E-state index contributed by atoms with van der Waals surface area (Å²) in [6, 6.07) is 16.2. The molecule has 8 heteroatoms. The summed E-state index contributed by atoms with van der Waals surface area (Å²) in [5.74, 6) is 1.12. The first-order valence-corrected chi connectivity index (χ1v) is 13.5. The summed E-state index contributed by atoms with van der Waals surface area (Å²) in [5, 5.41) is 3.65. The molecular weight excluding hydrogens is 450 g/mol. The number of nitrogens with zero attached hydrogens (tertiary/aromatic N) is 2. The van der Waals surface area contributed by atoms with Gasteiger partial charge < -0.3 is 9.64 Å². The number of carbonyl (C=O) groups is 1. The molecule has 0 saturated carbocycles. The third-order valence-electron chi connectivity index (χ3n) is 7.24. The number of ether oxygens (including phenoxy) is 1. The molecule has 34 heavy (non-hydrogen) atoms. The van der Waals surface area contributed by atoms with E-state index < -0.39 is 15.7 Å². The molecular formula is C26H35N3O4S. The van der Waals surface area contributed by atoms with Crippen LogP contribution in [0.2, 0.25) is 0 Å². The molecule has 7 nitrogen and oxygen atoms in total. The van der Waals surface area contributed by atoms with Gasteiger partial charge in [0.2, 0.25) is 15.9 Å². The first kappa shape index (κ1) is 24.7. The quantitative estimate of drug-likeness (QED) is 0.621. The standard InChI is InChI=1S/C26H35N3O4S/c1-4-20(2)19-29-25(30)24(18-21-8-6-5-7-9-21)27-26(29)14-16-28(17-15-26)34(31,32)23-12-10-22(33-3)11-13-23/h5-13,20,24,27H,4,14-19H2,1-3H3/t20-,24+/m0/s1. The van der Waals surface area contributed by atoms with Crippen molar-refractivity contribution >= 4 is 15.9 Å². The van der Waals surface area contributed by atoms with Crippen molar-refractivity contribution in [3.63, 3.8) is 0 Å². The third-order valence-corrected chi connectivity index (χ3v) is 9.16. The van der Waals surface area contributed by atoms with Crippen LogP contribution in [-0.2, 0) is 21.2 Å². The minimum absolute atomic E-state index is 0.121. The van der Waals surface area contributed by atoms with E-state index in [0.717, 1.165) is 12.0 Å². The molecule has 0 bridgehead atoms. The van der Waals surface area contributed by atoms with Crippen molar-refractivity contribution in [1.82, 2.24) is 14.5 Å². The monoisotopic (exact) mass is 485 g/mol. The van der Waals surface area contributed by atoms with Crippen LogP contribution in [0.25, 0.3) is 0 Å². The van der Waals surface area contributed by atoms with Gasteiger partial charge in [0.25, 0.3) is 0 Å². The smallest absolute Gasteiger partial charge is 0.243 e. The predicted octanol–water partition coefficient (Wildman–Crippen LogP) is 3.27. The number of hydrogen-bond donors (Lipinski definition) is 1. The number of benzene rings is 2. The van der Waals surface area contributed by atoms with E-state index in [2.05, 4.69) is 19.2 Å². The lowest BCUT2D eigenvalue weighted by Gasteiger charge is -2.45. The zero-order chi connectivity index (χ0) is 24.3. The summed E-state index contributed by atoms with van der Waals surface area (Å²) in [4.78, 5) is 15.8. The van der Waals surface area contributed by atoms with E-state index >= 15 is 0 Å². The molecule has 2 saturated heterocycles. The van der Waals surface area contributed by atoms with Crippen molar-refractivity contribution in [2.75, 3.05) is 26.7 Å². The van der Waals surface area contributed by atoms with Crippen LogP contribution in [0.3, 0.4) is 0 Å². The highest BCUT2D eigenvalue weighted by Crippen LogP contribution is 2.36. The molecule has 2 aliphatic heterocycles. The summed E-state index contributed by atoms with van der Waals surface area (Å²) in [5.41, 5.74) is 0.611. The number of nitrogens with one attached hydrogen (secondary N) is 1. The lowest BCUT2D eigenvalue weighted by Crippen LogP contribution is -2.60. The molecule has 0 aromatic heterocycles. The Morgan fingerprint density at radius 3 is 2.32 bits per heavy atom. The number of sulfonamides is 1. The lowest BCUT2D eigenvalue weighted by atomic mass is 9.95. The van der Waals surface area contributed by atoms with Crippen LogP contribution < -0.4 is 10.1 Å². The van der Waals surface area contributed by atoms with Crippen molar-refractivity contribution in [2.24, 2.45) is 5.92 Å². The molecule has 2 aromatic carbocycles. The van der Waals surface area contributed by atoms with Crippen LogP contribution in [0, 0.1) is 5.92 Å². The van der Waals surface area contributed by atoms with Gasteiger partial charge in [-0.25, -0.2) is 8.42 Å². The Morgan fingerprint density at radius 2 is 1.74 bits per heavy atom. The van der Waals surface area contributed by atoms with Crippen LogP contribution in [0.4, 0.5) is 0 Å².